The van der Waals surface area contributed by atoms with Gasteiger partial charge in [-0.3, -0.25) is 0 Å². The molecule has 1 aromatic carbocycles. The molecule has 1 rings (SSSR count). The third-order valence-electron chi connectivity index (χ3n) is 2.14. The van der Waals surface area contributed by atoms with Crippen molar-refractivity contribution in [2.75, 3.05) is 0 Å². The van der Waals surface area contributed by atoms with Crippen LogP contribution in [0.25, 0.3) is 0 Å². The lowest BCUT2D eigenvalue weighted by Crippen LogP contribution is -2.12. The molecule has 1 aromatic rings. The number of hydrogen-bond acceptors (Lipinski definition) is 3. The Hall–Kier alpha value is -0.930. The van der Waals surface area contributed by atoms with Crippen LogP contribution in [0.5, 0.6) is 11.5 Å². The fourth-order valence-electron chi connectivity index (χ4n) is 1.48. The Labute approximate surface area is 96.3 Å². The highest BCUT2D eigenvalue weighted by atomic mass is 35.5. The van der Waals surface area contributed by atoms with Crippen LogP contribution in [0.4, 0.5) is 0 Å². The first-order valence-corrected chi connectivity index (χ1v) is 4.78. The van der Waals surface area contributed by atoms with Crippen LogP contribution in [0.1, 0.15) is 31.9 Å². The van der Waals surface area contributed by atoms with Crippen molar-refractivity contribution in [2.45, 2.75) is 26.3 Å². The Morgan fingerprint density at radius 1 is 1.27 bits per heavy atom. The predicted molar refractivity (Wildman–Crippen MR) is 63.4 cm³/mol. The van der Waals surface area contributed by atoms with Crippen LogP contribution in [-0.2, 0) is 0 Å². The Morgan fingerprint density at radius 3 is 2.33 bits per heavy atom. The van der Waals surface area contributed by atoms with Gasteiger partial charge in [-0.1, -0.05) is 19.9 Å². The molecule has 0 aromatic heterocycles. The van der Waals surface area contributed by atoms with E-state index in [9.17, 15) is 5.11 Å². The fraction of sp³-hybridized carbons (Fsp3) is 0.455. The molecular formula is C11H18ClNO2. The van der Waals surface area contributed by atoms with E-state index >= 15 is 0 Å². The standard InChI is InChI=1S/C11H17NO2.ClH/c1-7(2)5-10(12)9-4-3-8(13)6-11(9)14;/h3-4,6-7,10,13-14H,5,12H2,1-2H3;1H/t10-;/m1./s1. The molecule has 0 spiro atoms. The zero-order valence-corrected chi connectivity index (χ0v) is 9.79. The van der Waals surface area contributed by atoms with E-state index in [0.717, 1.165) is 6.42 Å². The Morgan fingerprint density at radius 2 is 1.87 bits per heavy atom. The molecule has 86 valence electrons. The van der Waals surface area contributed by atoms with Gasteiger partial charge in [0.2, 0.25) is 0 Å². The topological polar surface area (TPSA) is 66.5 Å². The maximum atomic E-state index is 9.53. The lowest BCUT2D eigenvalue weighted by molar-refractivity contribution is 0.432. The monoisotopic (exact) mass is 231 g/mol. The third-order valence-corrected chi connectivity index (χ3v) is 2.14. The number of hydrogen-bond donors (Lipinski definition) is 3. The summed E-state index contributed by atoms with van der Waals surface area (Å²) in [5, 5.41) is 18.6. The quantitative estimate of drug-likeness (QED) is 0.749. The van der Waals surface area contributed by atoms with Gasteiger partial charge in [0.25, 0.3) is 0 Å². The highest BCUT2D eigenvalue weighted by Gasteiger charge is 2.12. The molecule has 0 saturated heterocycles. The van der Waals surface area contributed by atoms with Crippen LogP contribution in [0, 0.1) is 5.92 Å². The van der Waals surface area contributed by atoms with Crippen molar-refractivity contribution in [3.05, 3.63) is 23.8 Å². The van der Waals surface area contributed by atoms with E-state index < -0.39 is 0 Å². The highest BCUT2D eigenvalue weighted by molar-refractivity contribution is 5.85. The smallest absolute Gasteiger partial charge is 0.124 e. The van der Waals surface area contributed by atoms with E-state index in [1.807, 2.05) is 0 Å². The van der Waals surface area contributed by atoms with Gasteiger partial charge < -0.3 is 15.9 Å². The molecule has 1 atom stereocenters. The minimum atomic E-state index is -0.171. The number of aromatic hydroxyl groups is 2. The molecule has 0 aliphatic rings. The molecule has 0 aliphatic heterocycles. The second-order valence-corrected chi connectivity index (χ2v) is 3.98. The van der Waals surface area contributed by atoms with E-state index in [2.05, 4.69) is 13.8 Å². The maximum absolute atomic E-state index is 9.53. The number of phenolic OH excluding ortho intramolecular Hbond substituents is 2. The van der Waals surface area contributed by atoms with Gasteiger partial charge in [-0.05, 0) is 18.4 Å². The van der Waals surface area contributed by atoms with Gasteiger partial charge in [0.1, 0.15) is 11.5 Å². The van der Waals surface area contributed by atoms with E-state index in [1.54, 1.807) is 6.07 Å². The van der Waals surface area contributed by atoms with E-state index in [4.69, 9.17) is 10.8 Å². The van der Waals surface area contributed by atoms with Gasteiger partial charge in [-0.2, -0.15) is 0 Å². The first kappa shape index (κ1) is 14.1. The molecule has 0 aliphatic carbocycles. The minimum Gasteiger partial charge on any atom is -0.508 e. The summed E-state index contributed by atoms with van der Waals surface area (Å²) < 4.78 is 0. The SMILES string of the molecule is CC(C)C[C@@H](N)c1ccc(O)cc1O.Cl. The lowest BCUT2D eigenvalue weighted by Gasteiger charge is -2.15. The van der Waals surface area contributed by atoms with E-state index in [0.29, 0.717) is 11.5 Å². The number of benzene rings is 1. The van der Waals surface area contributed by atoms with Crippen LogP contribution in [0.15, 0.2) is 18.2 Å². The Bertz CT molecular complexity index is 315. The van der Waals surface area contributed by atoms with Gasteiger partial charge in [-0.25, -0.2) is 0 Å². The molecule has 3 nitrogen and oxygen atoms in total. The summed E-state index contributed by atoms with van der Waals surface area (Å²) >= 11 is 0. The van der Waals surface area contributed by atoms with Crippen molar-refractivity contribution in [1.29, 1.82) is 0 Å². The first-order valence-electron chi connectivity index (χ1n) is 4.78. The van der Waals surface area contributed by atoms with Crippen molar-refractivity contribution in [3.8, 4) is 11.5 Å². The molecule has 0 heterocycles. The minimum absolute atomic E-state index is 0. The summed E-state index contributed by atoms with van der Waals surface area (Å²) in [4.78, 5) is 0. The number of phenols is 2. The largest absolute Gasteiger partial charge is 0.508 e. The normalized spacial score (nSPS) is 12.3. The molecule has 0 radical (unpaired) electrons. The van der Waals surface area contributed by atoms with Crippen LogP contribution in [0.2, 0.25) is 0 Å². The predicted octanol–water partition coefficient (Wildman–Crippen LogP) is 2.57. The van der Waals surface area contributed by atoms with Crippen LogP contribution in [0.3, 0.4) is 0 Å². The number of halogens is 1. The van der Waals surface area contributed by atoms with Gasteiger partial charge in [0.05, 0.1) is 0 Å². The lowest BCUT2D eigenvalue weighted by atomic mass is 9.97. The van der Waals surface area contributed by atoms with Gasteiger partial charge in [0.15, 0.2) is 0 Å². The molecule has 0 fully saturated rings. The summed E-state index contributed by atoms with van der Waals surface area (Å²) in [5.41, 5.74) is 6.60. The molecule has 4 heteroatoms. The average molecular weight is 232 g/mol. The summed E-state index contributed by atoms with van der Waals surface area (Å²) in [7, 11) is 0. The van der Waals surface area contributed by atoms with Crippen LogP contribution in [-0.4, -0.2) is 10.2 Å². The van der Waals surface area contributed by atoms with Crippen molar-refractivity contribution in [3.63, 3.8) is 0 Å². The zero-order chi connectivity index (χ0) is 10.7. The summed E-state index contributed by atoms with van der Waals surface area (Å²) in [5.74, 6) is 0.611. The van der Waals surface area contributed by atoms with E-state index in [-0.39, 0.29) is 29.9 Å². The molecule has 0 saturated carbocycles. The molecule has 0 amide bonds. The van der Waals surface area contributed by atoms with Crippen molar-refractivity contribution >= 4 is 12.4 Å². The van der Waals surface area contributed by atoms with Crippen LogP contribution < -0.4 is 5.73 Å². The highest BCUT2D eigenvalue weighted by Crippen LogP contribution is 2.29. The molecule has 0 unspecified atom stereocenters. The van der Waals surface area contributed by atoms with Gasteiger partial charge in [-0.15, -0.1) is 12.4 Å². The maximum Gasteiger partial charge on any atom is 0.124 e. The summed E-state index contributed by atoms with van der Waals surface area (Å²) in [6, 6.07) is 4.35. The van der Waals surface area contributed by atoms with Gasteiger partial charge >= 0.3 is 0 Å². The Balaban J connectivity index is 0.00000196. The second kappa shape index (κ2) is 5.83. The molecular weight excluding hydrogens is 214 g/mol. The van der Waals surface area contributed by atoms with Crippen LogP contribution >= 0.6 is 12.4 Å². The zero-order valence-electron chi connectivity index (χ0n) is 8.97. The summed E-state index contributed by atoms with van der Waals surface area (Å²) in [6.45, 7) is 4.16. The molecule has 15 heavy (non-hydrogen) atoms. The average Bonchev–Trinajstić information content (AvgIpc) is 2.01. The molecule has 0 bridgehead atoms. The van der Waals surface area contributed by atoms with Crippen molar-refractivity contribution in [1.82, 2.24) is 0 Å². The third kappa shape index (κ3) is 3.98. The van der Waals surface area contributed by atoms with E-state index in [1.165, 1.54) is 12.1 Å². The summed E-state index contributed by atoms with van der Waals surface area (Å²) in [6.07, 6.45) is 0.818. The number of rotatable bonds is 3. The van der Waals surface area contributed by atoms with Crippen molar-refractivity contribution in [2.24, 2.45) is 11.7 Å². The Kier molecular flexibility index (Phi) is 5.47. The van der Waals surface area contributed by atoms with Gasteiger partial charge in [0, 0.05) is 17.7 Å². The second-order valence-electron chi connectivity index (χ2n) is 3.98. The van der Waals surface area contributed by atoms with Crippen molar-refractivity contribution < 1.29 is 10.2 Å². The fourth-order valence-corrected chi connectivity index (χ4v) is 1.48. The first-order chi connectivity index (χ1) is 6.50. The number of nitrogens with two attached hydrogens (primary N) is 1. The molecule has 4 N–H and O–H groups in total.